The molecule has 5 nitrogen and oxygen atoms in total. The molecule has 19 heavy (non-hydrogen) atoms. The zero-order valence-electron chi connectivity index (χ0n) is 10.9. The molecule has 0 saturated carbocycles. The molecule has 0 bridgehead atoms. The van der Waals surface area contributed by atoms with E-state index in [1.165, 1.54) is 0 Å². The van der Waals surface area contributed by atoms with Crippen molar-refractivity contribution in [2.24, 2.45) is 0 Å². The molecule has 0 aliphatic carbocycles. The Morgan fingerprint density at radius 2 is 2.21 bits per heavy atom. The van der Waals surface area contributed by atoms with Crippen LogP contribution in [0.2, 0.25) is 5.02 Å². The van der Waals surface area contributed by atoms with E-state index in [-0.39, 0.29) is 12.1 Å². The zero-order valence-corrected chi connectivity index (χ0v) is 11.7. The molecule has 1 aromatic carbocycles. The molecule has 1 fully saturated rings. The number of carbonyl (C=O) groups excluding carboxylic acids is 1. The van der Waals surface area contributed by atoms with Gasteiger partial charge in [0.2, 0.25) is 0 Å². The summed E-state index contributed by atoms with van der Waals surface area (Å²) in [7, 11) is 0. The van der Waals surface area contributed by atoms with Crippen molar-refractivity contribution in [1.29, 1.82) is 0 Å². The lowest BCUT2D eigenvalue weighted by molar-refractivity contribution is -0.137. The normalized spacial score (nSPS) is 21.1. The highest BCUT2D eigenvalue weighted by Crippen LogP contribution is 2.22. The van der Waals surface area contributed by atoms with Crippen LogP contribution in [0.1, 0.15) is 13.8 Å². The molecule has 0 spiro atoms. The first-order valence-electron chi connectivity index (χ1n) is 6.07. The number of hydrogen-bond donors (Lipinski definition) is 2. The maximum Gasteiger partial charge on any atom is 0.319 e. The summed E-state index contributed by atoms with van der Waals surface area (Å²) >= 11 is 5.95. The molecular formula is C13H17ClN2O3. The number of benzene rings is 1. The first-order chi connectivity index (χ1) is 8.96. The minimum absolute atomic E-state index is 0.132. The molecule has 1 aliphatic rings. The molecule has 2 amide bonds. The molecular weight excluding hydrogens is 268 g/mol. The van der Waals surface area contributed by atoms with Crippen LogP contribution in [0.3, 0.4) is 0 Å². The van der Waals surface area contributed by atoms with Gasteiger partial charge in [0.25, 0.3) is 0 Å². The van der Waals surface area contributed by atoms with E-state index >= 15 is 0 Å². The van der Waals surface area contributed by atoms with Crippen molar-refractivity contribution in [1.82, 2.24) is 5.32 Å². The molecule has 0 radical (unpaired) electrons. The second-order valence-electron chi connectivity index (χ2n) is 4.77. The van der Waals surface area contributed by atoms with Gasteiger partial charge in [-0.25, -0.2) is 4.79 Å². The Bertz CT molecular complexity index is 465. The largest absolute Gasteiger partial charge is 0.348 e. The number of amides is 2. The number of nitrogens with one attached hydrogen (secondary N) is 2. The molecule has 1 heterocycles. The molecule has 2 N–H and O–H groups in total. The predicted molar refractivity (Wildman–Crippen MR) is 73.4 cm³/mol. The van der Waals surface area contributed by atoms with E-state index in [0.717, 1.165) is 0 Å². The smallest absolute Gasteiger partial charge is 0.319 e. The van der Waals surface area contributed by atoms with Crippen molar-refractivity contribution in [2.45, 2.75) is 25.7 Å². The maximum absolute atomic E-state index is 11.7. The molecule has 1 aliphatic heterocycles. The van der Waals surface area contributed by atoms with Gasteiger partial charge in [-0.15, -0.1) is 0 Å². The van der Waals surface area contributed by atoms with Crippen LogP contribution in [-0.2, 0) is 9.47 Å². The second kappa shape index (κ2) is 5.77. The van der Waals surface area contributed by atoms with Crippen LogP contribution in [0.25, 0.3) is 0 Å². The minimum Gasteiger partial charge on any atom is -0.348 e. The lowest BCUT2D eigenvalue weighted by atomic mass is 10.3. The van der Waals surface area contributed by atoms with Gasteiger partial charge in [0.1, 0.15) is 6.10 Å². The summed E-state index contributed by atoms with van der Waals surface area (Å²) in [4.78, 5) is 11.7. The third-order valence-corrected chi connectivity index (χ3v) is 3.01. The number of urea groups is 1. The first-order valence-corrected chi connectivity index (χ1v) is 6.45. The minimum atomic E-state index is -0.578. The number of halogens is 1. The SMILES string of the molecule is CC1(C)OCC(CNC(=O)Nc2ccccc2Cl)O1. The number of carbonyl (C=O) groups is 1. The average molecular weight is 285 g/mol. The number of rotatable bonds is 3. The summed E-state index contributed by atoms with van der Waals surface area (Å²) < 4.78 is 11.0. The van der Waals surface area contributed by atoms with Crippen molar-refractivity contribution in [3.63, 3.8) is 0 Å². The van der Waals surface area contributed by atoms with E-state index in [4.69, 9.17) is 21.1 Å². The van der Waals surface area contributed by atoms with E-state index in [1.807, 2.05) is 13.8 Å². The third kappa shape index (κ3) is 4.09. The quantitative estimate of drug-likeness (QED) is 0.897. The third-order valence-electron chi connectivity index (χ3n) is 2.68. The summed E-state index contributed by atoms with van der Waals surface area (Å²) in [5, 5.41) is 5.90. The summed E-state index contributed by atoms with van der Waals surface area (Å²) in [6.07, 6.45) is -0.132. The van der Waals surface area contributed by atoms with Crippen molar-refractivity contribution in [2.75, 3.05) is 18.5 Å². The fraction of sp³-hybridized carbons (Fsp3) is 0.462. The molecule has 1 unspecified atom stereocenters. The van der Waals surface area contributed by atoms with Gasteiger partial charge in [-0.05, 0) is 26.0 Å². The predicted octanol–water partition coefficient (Wildman–Crippen LogP) is 2.61. The topological polar surface area (TPSA) is 59.6 Å². The van der Waals surface area contributed by atoms with Gasteiger partial charge in [0.05, 0.1) is 17.3 Å². The summed E-state index contributed by atoms with van der Waals surface area (Å²) in [6.45, 7) is 4.55. The van der Waals surface area contributed by atoms with Crippen molar-refractivity contribution < 1.29 is 14.3 Å². The van der Waals surface area contributed by atoms with E-state index < -0.39 is 5.79 Å². The van der Waals surface area contributed by atoms with Crippen molar-refractivity contribution in [3.8, 4) is 0 Å². The van der Waals surface area contributed by atoms with Gasteiger partial charge in [-0.2, -0.15) is 0 Å². The Morgan fingerprint density at radius 1 is 1.47 bits per heavy atom. The van der Waals surface area contributed by atoms with Crippen LogP contribution in [0, 0.1) is 0 Å². The van der Waals surface area contributed by atoms with Crippen molar-refractivity contribution in [3.05, 3.63) is 29.3 Å². The first kappa shape index (κ1) is 14.1. The Balaban J connectivity index is 1.78. The molecule has 1 aromatic rings. The monoisotopic (exact) mass is 284 g/mol. The second-order valence-corrected chi connectivity index (χ2v) is 5.17. The van der Waals surface area contributed by atoms with Gasteiger partial charge in [0.15, 0.2) is 5.79 Å². The Hall–Kier alpha value is -1.30. The fourth-order valence-corrected chi connectivity index (χ4v) is 1.98. The van der Waals surface area contributed by atoms with Gasteiger partial charge in [-0.1, -0.05) is 23.7 Å². The van der Waals surface area contributed by atoms with Crippen LogP contribution in [0.4, 0.5) is 10.5 Å². The van der Waals surface area contributed by atoms with E-state index in [0.29, 0.717) is 23.9 Å². The molecule has 0 aromatic heterocycles. The standard InChI is InChI=1S/C13H17ClN2O3/c1-13(2)18-8-9(19-13)7-15-12(17)16-11-6-4-3-5-10(11)14/h3-6,9H,7-8H2,1-2H3,(H2,15,16,17). The lowest BCUT2D eigenvalue weighted by Gasteiger charge is -2.17. The number of para-hydroxylation sites is 1. The molecule has 1 atom stereocenters. The van der Waals surface area contributed by atoms with E-state index in [9.17, 15) is 4.79 Å². The van der Waals surface area contributed by atoms with Gasteiger partial charge in [0, 0.05) is 6.54 Å². The van der Waals surface area contributed by atoms with Crippen LogP contribution >= 0.6 is 11.6 Å². The van der Waals surface area contributed by atoms with Crippen LogP contribution in [0.5, 0.6) is 0 Å². The van der Waals surface area contributed by atoms with Crippen molar-refractivity contribution >= 4 is 23.3 Å². The van der Waals surface area contributed by atoms with Gasteiger partial charge in [-0.3, -0.25) is 0 Å². The van der Waals surface area contributed by atoms with Crippen LogP contribution in [-0.4, -0.2) is 31.1 Å². The summed E-state index contributed by atoms with van der Waals surface area (Å²) in [5.41, 5.74) is 0.575. The van der Waals surface area contributed by atoms with Crippen LogP contribution < -0.4 is 10.6 Å². The Labute approximate surface area is 117 Å². The van der Waals surface area contributed by atoms with Crippen LogP contribution in [0.15, 0.2) is 24.3 Å². The lowest BCUT2D eigenvalue weighted by Crippen LogP contribution is -2.37. The highest BCUT2D eigenvalue weighted by Gasteiger charge is 2.32. The molecule has 6 heteroatoms. The molecule has 1 saturated heterocycles. The number of hydrogen-bond acceptors (Lipinski definition) is 3. The number of ether oxygens (including phenoxy) is 2. The Morgan fingerprint density at radius 3 is 2.84 bits per heavy atom. The van der Waals surface area contributed by atoms with E-state index in [2.05, 4.69) is 10.6 Å². The fourth-order valence-electron chi connectivity index (χ4n) is 1.80. The molecule has 104 valence electrons. The summed E-state index contributed by atoms with van der Waals surface area (Å²) in [6, 6.07) is 6.74. The maximum atomic E-state index is 11.7. The average Bonchev–Trinajstić information content (AvgIpc) is 2.69. The van der Waals surface area contributed by atoms with E-state index in [1.54, 1.807) is 24.3 Å². The van der Waals surface area contributed by atoms with Gasteiger partial charge < -0.3 is 20.1 Å². The Kier molecular flexibility index (Phi) is 4.29. The van der Waals surface area contributed by atoms with Gasteiger partial charge >= 0.3 is 6.03 Å². The number of anilines is 1. The highest BCUT2D eigenvalue weighted by molar-refractivity contribution is 6.33. The highest BCUT2D eigenvalue weighted by atomic mass is 35.5. The summed E-state index contributed by atoms with van der Waals surface area (Å²) in [5.74, 6) is -0.578. The molecule has 2 rings (SSSR count). The zero-order chi connectivity index (χ0) is 13.9.